The topological polar surface area (TPSA) is 33.3 Å². The summed E-state index contributed by atoms with van der Waals surface area (Å²) in [6.45, 7) is 0. The van der Waals surface area contributed by atoms with Crippen molar-refractivity contribution in [1.29, 1.82) is 0 Å². The molecule has 0 amide bonds. The van der Waals surface area contributed by atoms with Crippen LogP contribution in [0.3, 0.4) is 0 Å². The number of thiocarbonyl (C=S) groups is 1. The van der Waals surface area contributed by atoms with Crippen molar-refractivity contribution in [2.45, 2.75) is 6.04 Å². The molecule has 0 saturated heterocycles. The Balaban J connectivity index is 1.64. The van der Waals surface area contributed by atoms with Gasteiger partial charge >= 0.3 is 0 Å². The molecule has 1 heterocycles. The van der Waals surface area contributed by atoms with Gasteiger partial charge in [-0.3, -0.25) is 0 Å². The second-order valence-electron chi connectivity index (χ2n) is 6.27. The van der Waals surface area contributed by atoms with Gasteiger partial charge in [0, 0.05) is 16.3 Å². The van der Waals surface area contributed by atoms with Crippen LogP contribution in [0, 0.1) is 0 Å². The Morgan fingerprint density at radius 3 is 2.43 bits per heavy atom. The number of ether oxygens (including phenoxy) is 1. The number of nitrogens with one attached hydrogen (secondary N) is 2. The van der Waals surface area contributed by atoms with Crippen LogP contribution < -0.4 is 15.4 Å². The highest BCUT2D eigenvalue weighted by atomic mass is 35.5. The van der Waals surface area contributed by atoms with Gasteiger partial charge in [-0.1, -0.05) is 53.5 Å². The zero-order valence-corrected chi connectivity index (χ0v) is 17.0. The highest BCUT2D eigenvalue weighted by Crippen LogP contribution is 2.31. The summed E-state index contributed by atoms with van der Waals surface area (Å²) in [5.74, 6) is 1.55. The maximum absolute atomic E-state index is 6.37. The van der Waals surface area contributed by atoms with E-state index in [9.17, 15) is 0 Å². The van der Waals surface area contributed by atoms with Gasteiger partial charge in [-0.25, -0.2) is 0 Å². The third kappa shape index (κ3) is 4.30. The Hall–Kier alpha value is -2.53. The largest absolute Gasteiger partial charge is 0.457 e. The highest BCUT2D eigenvalue weighted by Gasteiger charge is 2.20. The first kappa shape index (κ1) is 18.8. The summed E-state index contributed by atoms with van der Waals surface area (Å²) in [5, 5.41) is 8.13. The van der Waals surface area contributed by atoms with Crippen LogP contribution >= 0.6 is 35.4 Å². The fourth-order valence-corrected chi connectivity index (χ4v) is 3.74. The molecule has 0 aliphatic carbocycles. The lowest BCUT2D eigenvalue weighted by Crippen LogP contribution is -2.40. The van der Waals surface area contributed by atoms with Crippen LogP contribution in [0.25, 0.3) is 5.70 Å². The van der Waals surface area contributed by atoms with E-state index in [4.69, 9.17) is 40.2 Å². The van der Waals surface area contributed by atoms with E-state index in [2.05, 4.69) is 10.6 Å². The maximum Gasteiger partial charge on any atom is 0.171 e. The molecule has 6 heteroatoms. The van der Waals surface area contributed by atoms with Crippen LogP contribution in [-0.2, 0) is 0 Å². The summed E-state index contributed by atoms with van der Waals surface area (Å²) < 4.78 is 5.95. The molecule has 0 spiro atoms. The van der Waals surface area contributed by atoms with Crippen LogP contribution in [-0.4, -0.2) is 5.11 Å². The lowest BCUT2D eigenvalue weighted by Gasteiger charge is -2.27. The average molecular weight is 427 g/mol. The minimum absolute atomic E-state index is 0.116. The van der Waals surface area contributed by atoms with Gasteiger partial charge in [-0.2, -0.15) is 0 Å². The van der Waals surface area contributed by atoms with E-state index in [0.717, 1.165) is 28.3 Å². The monoisotopic (exact) mass is 426 g/mol. The molecule has 1 aliphatic rings. The molecule has 0 saturated carbocycles. The molecule has 4 rings (SSSR count). The lowest BCUT2D eigenvalue weighted by molar-refractivity contribution is 0.481. The summed E-state index contributed by atoms with van der Waals surface area (Å²) >= 11 is 17.8. The van der Waals surface area contributed by atoms with E-state index in [1.807, 2.05) is 66.7 Å². The maximum atomic E-state index is 6.37. The van der Waals surface area contributed by atoms with Crippen molar-refractivity contribution < 1.29 is 4.74 Å². The number of rotatable bonds is 4. The summed E-state index contributed by atoms with van der Waals surface area (Å²) in [4.78, 5) is 0. The minimum Gasteiger partial charge on any atom is -0.457 e. The van der Waals surface area contributed by atoms with E-state index in [0.29, 0.717) is 15.2 Å². The van der Waals surface area contributed by atoms with Gasteiger partial charge in [-0.15, -0.1) is 0 Å². The highest BCUT2D eigenvalue weighted by molar-refractivity contribution is 7.80. The first-order chi connectivity index (χ1) is 13.6. The first-order valence-corrected chi connectivity index (χ1v) is 9.82. The molecule has 3 nitrogen and oxygen atoms in total. The van der Waals surface area contributed by atoms with Gasteiger partial charge in [0.15, 0.2) is 5.11 Å². The van der Waals surface area contributed by atoms with Gasteiger partial charge in [0.25, 0.3) is 0 Å². The fourth-order valence-electron chi connectivity index (χ4n) is 2.99. The molecule has 0 aromatic heterocycles. The Labute approximate surface area is 178 Å². The van der Waals surface area contributed by atoms with Crippen LogP contribution in [0.2, 0.25) is 10.0 Å². The molecule has 140 valence electrons. The van der Waals surface area contributed by atoms with Crippen molar-refractivity contribution >= 4 is 46.2 Å². The molecule has 1 atom stereocenters. The molecule has 1 unspecified atom stereocenters. The molecule has 0 radical (unpaired) electrons. The first-order valence-electron chi connectivity index (χ1n) is 8.66. The molecule has 3 aromatic carbocycles. The number of hydrogen-bond donors (Lipinski definition) is 2. The molecule has 28 heavy (non-hydrogen) atoms. The second kappa shape index (κ2) is 8.23. The standard InChI is InChI=1S/C22H16Cl2N2OS/c23-15-9-10-18(19(24)12-15)21-13-20(25-22(28)26-21)14-5-4-8-17(11-14)27-16-6-2-1-3-7-16/h1-13,20H,(H2,25,26,28). The summed E-state index contributed by atoms with van der Waals surface area (Å²) in [6, 6.07) is 22.9. The van der Waals surface area contributed by atoms with E-state index in [1.54, 1.807) is 12.1 Å². The van der Waals surface area contributed by atoms with E-state index < -0.39 is 0 Å². The predicted molar refractivity (Wildman–Crippen MR) is 119 cm³/mol. The van der Waals surface area contributed by atoms with Gasteiger partial charge < -0.3 is 15.4 Å². The SMILES string of the molecule is S=C1NC(c2ccc(Cl)cc2Cl)=CC(c2cccc(Oc3ccccc3)c2)N1. The van der Waals surface area contributed by atoms with Crippen molar-refractivity contribution in [1.82, 2.24) is 10.6 Å². The van der Waals surface area contributed by atoms with Crippen LogP contribution in [0.4, 0.5) is 0 Å². The number of hydrogen-bond acceptors (Lipinski definition) is 2. The second-order valence-corrected chi connectivity index (χ2v) is 7.52. The Morgan fingerprint density at radius 1 is 0.857 bits per heavy atom. The molecule has 3 aromatic rings. The third-order valence-electron chi connectivity index (χ3n) is 4.29. The van der Waals surface area contributed by atoms with Gasteiger partial charge in [0.05, 0.1) is 11.1 Å². The smallest absolute Gasteiger partial charge is 0.171 e. The zero-order valence-electron chi connectivity index (χ0n) is 14.7. The molecule has 1 aliphatic heterocycles. The van der Waals surface area contributed by atoms with Gasteiger partial charge in [0.1, 0.15) is 11.5 Å². The molecular weight excluding hydrogens is 411 g/mol. The van der Waals surface area contributed by atoms with E-state index >= 15 is 0 Å². The van der Waals surface area contributed by atoms with E-state index in [1.165, 1.54) is 0 Å². The lowest BCUT2D eigenvalue weighted by atomic mass is 10.0. The zero-order chi connectivity index (χ0) is 19.5. The van der Waals surface area contributed by atoms with E-state index in [-0.39, 0.29) is 6.04 Å². The van der Waals surface area contributed by atoms with Crippen molar-refractivity contribution in [2.24, 2.45) is 0 Å². The fraction of sp³-hybridized carbons (Fsp3) is 0.0455. The molecule has 2 N–H and O–H groups in total. The van der Waals surface area contributed by atoms with Crippen molar-refractivity contribution in [3.63, 3.8) is 0 Å². The minimum atomic E-state index is -0.116. The third-order valence-corrected chi connectivity index (χ3v) is 5.05. The van der Waals surface area contributed by atoms with Crippen molar-refractivity contribution in [3.8, 4) is 11.5 Å². The predicted octanol–water partition coefficient (Wildman–Crippen LogP) is 6.35. The molecule has 0 bridgehead atoms. The van der Waals surface area contributed by atoms with Crippen LogP contribution in [0.5, 0.6) is 11.5 Å². The Kier molecular flexibility index (Phi) is 5.53. The summed E-state index contributed by atoms with van der Waals surface area (Å²) in [7, 11) is 0. The van der Waals surface area contributed by atoms with Crippen molar-refractivity contribution in [2.75, 3.05) is 0 Å². The molecular formula is C22H16Cl2N2OS. The van der Waals surface area contributed by atoms with Crippen LogP contribution in [0.15, 0.2) is 78.9 Å². The summed E-state index contributed by atoms with van der Waals surface area (Å²) in [6.07, 6.45) is 2.05. The average Bonchev–Trinajstić information content (AvgIpc) is 2.68. The van der Waals surface area contributed by atoms with Gasteiger partial charge in [0.2, 0.25) is 0 Å². The van der Waals surface area contributed by atoms with Crippen molar-refractivity contribution in [3.05, 3.63) is 100 Å². The molecule has 0 fully saturated rings. The summed E-state index contributed by atoms with van der Waals surface area (Å²) in [5.41, 5.74) is 2.71. The Bertz CT molecular complexity index is 1050. The van der Waals surface area contributed by atoms with Gasteiger partial charge in [-0.05, 0) is 66.3 Å². The number of benzene rings is 3. The Morgan fingerprint density at radius 2 is 1.64 bits per heavy atom. The quantitative estimate of drug-likeness (QED) is 0.476. The van der Waals surface area contributed by atoms with Crippen LogP contribution in [0.1, 0.15) is 17.2 Å². The number of halogens is 2. The number of para-hydroxylation sites is 1. The normalized spacial score (nSPS) is 16.0.